The molecule has 0 aliphatic rings. The third-order valence-electron chi connectivity index (χ3n) is 7.59. The number of carbonyl (C=O) groups is 3. The van der Waals surface area contributed by atoms with E-state index in [4.69, 9.17) is 5.11 Å². The Balaban J connectivity index is -0.000000680. The Bertz CT molecular complexity index is 716. The molecule has 0 saturated carbocycles. The molecule has 45 heavy (non-hydrogen) atoms. The van der Waals surface area contributed by atoms with Crippen LogP contribution in [0.3, 0.4) is 0 Å². The maximum absolute atomic E-state index is 11.9. The van der Waals surface area contributed by atoms with E-state index < -0.39 is 5.97 Å². The highest BCUT2D eigenvalue weighted by Gasteiger charge is 2.14. The summed E-state index contributed by atoms with van der Waals surface area (Å²) < 4.78 is 0. The highest BCUT2D eigenvalue weighted by molar-refractivity contribution is 5.79. The molecule has 0 bridgehead atoms. The van der Waals surface area contributed by atoms with Gasteiger partial charge in [-0.25, -0.2) is 0 Å². The van der Waals surface area contributed by atoms with E-state index in [2.05, 4.69) is 70.2 Å². The molecule has 0 radical (unpaired) electrons. The second-order valence-electron chi connectivity index (χ2n) is 12.4. The van der Waals surface area contributed by atoms with Crippen molar-refractivity contribution in [1.29, 1.82) is 0 Å². The van der Waals surface area contributed by atoms with Crippen LogP contribution in [0.2, 0.25) is 0 Å². The van der Waals surface area contributed by atoms with Crippen molar-refractivity contribution in [3.63, 3.8) is 0 Å². The predicted molar refractivity (Wildman–Crippen MR) is 194 cm³/mol. The first-order chi connectivity index (χ1) is 21.3. The van der Waals surface area contributed by atoms with Gasteiger partial charge >= 0.3 is 5.97 Å². The smallest absolute Gasteiger partial charge is 0.317 e. The number of aliphatic carboxylic acids is 1. The summed E-state index contributed by atoms with van der Waals surface area (Å²) in [6, 6.07) is 0. The molecule has 8 heteroatoms. The predicted octanol–water partition coefficient (Wildman–Crippen LogP) is 7.70. The number of rotatable bonds is 26. The number of Topliss-reactive ketones (excluding diaryl/α,β-unsaturated/α-hetero) is 1. The minimum Gasteiger partial charge on any atom is -0.480 e. The van der Waals surface area contributed by atoms with Crippen LogP contribution in [0.4, 0.5) is 0 Å². The normalized spacial score (nSPS) is 11.9. The van der Waals surface area contributed by atoms with Crippen LogP contribution in [-0.4, -0.2) is 84.9 Å². The lowest BCUT2D eigenvalue weighted by Gasteiger charge is -2.23. The van der Waals surface area contributed by atoms with Gasteiger partial charge in [0.1, 0.15) is 5.78 Å². The van der Waals surface area contributed by atoms with Crippen molar-refractivity contribution in [2.45, 2.75) is 133 Å². The molecule has 0 aliphatic heterocycles. The number of amides is 1. The molecule has 0 saturated heterocycles. The Morgan fingerprint density at radius 1 is 0.667 bits per heavy atom. The van der Waals surface area contributed by atoms with Crippen molar-refractivity contribution < 1.29 is 19.5 Å². The molecule has 266 valence electrons. The molecular formula is C37H74N4O4. The molecule has 0 aliphatic carbocycles. The maximum atomic E-state index is 11.9. The van der Waals surface area contributed by atoms with Gasteiger partial charge in [-0.1, -0.05) is 99.1 Å². The second-order valence-corrected chi connectivity index (χ2v) is 12.4. The minimum absolute atomic E-state index is 0.0744. The van der Waals surface area contributed by atoms with Crippen molar-refractivity contribution in [2.75, 3.05) is 52.4 Å². The van der Waals surface area contributed by atoms with Crippen molar-refractivity contribution in [2.24, 2.45) is 11.8 Å². The summed E-state index contributed by atoms with van der Waals surface area (Å²) in [6.07, 6.45) is 12.7. The Morgan fingerprint density at radius 3 is 1.47 bits per heavy atom. The SMILES string of the molecule is C=C(C)CC.C=C(CN(CCC)CC(C)=O)NCC(CC)CCCC.CCCCC(CC)CNC(=O)CN(CCC)CC(=O)O. The first kappa shape index (κ1) is 47.2. The lowest BCUT2D eigenvalue weighted by Crippen LogP contribution is -2.41. The fraction of sp³-hybridized carbons (Fsp3) is 0.811. The van der Waals surface area contributed by atoms with Gasteiger partial charge in [0.05, 0.1) is 19.6 Å². The first-order valence-corrected chi connectivity index (χ1v) is 17.8. The van der Waals surface area contributed by atoms with Gasteiger partial charge in [0.15, 0.2) is 0 Å². The van der Waals surface area contributed by atoms with E-state index in [9.17, 15) is 14.4 Å². The Hall–Kier alpha value is -2.19. The highest BCUT2D eigenvalue weighted by Crippen LogP contribution is 2.12. The standard InChI is InChI=1S/C17H34N2O.C15H30N2O3.C5H10/c1-6-9-10-17(8-3)12-18-15(4)13-19(11-7-2)14-16(5)20;1-4-7-8-13(6-3)10-16-14(18)11-17(9-5-2)12-15(19)20;1-4-5(2)3/h17-18H,4,6-14H2,1-3,5H3;13H,4-12H2,1-3H3,(H,16,18)(H,19,20);2,4H2,1,3H3. The summed E-state index contributed by atoms with van der Waals surface area (Å²) in [5, 5.41) is 15.2. The molecule has 0 heterocycles. The van der Waals surface area contributed by atoms with Gasteiger partial charge in [0, 0.05) is 25.3 Å². The number of ketones is 1. The van der Waals surface area contributed by atoms with Gasteiger partial charge in [-0.2, -0.15) is 0 Å². The van der Waals surface area contributed by atoms with Gasteiger partial charge in [0.2, 0.25) is 5.91 Å². The average molecular weight is 639 g/mol. The zero-order valence-corrected chi connectivity index (χ0v) is 31.1. The van der Waals surface area contributed by atoms with Gasteiger partial charge in [0.25, 0.3) is 0 Å². The van der Waals surface area contributed by atoms with Crippen molar-refractivity contribution >= 4 is 17.7 Å². The number of carboxylic acids is 1. The summed E-state index contributed by atoms with van der Waals surface area (Å²) in [5.74, 6) is 0.521. The third kappa shape index (κ3) is 34.5. The van der Waals surface area contributed by atoms with Crippen LogP contribution in [0.25, 0.3) is 0 Å². The van der Waals surface area contributed by atoms with E-state index in [1.807, 2.05) is 13.8 Å². The molecular weight excluding hydrogens is 564 g/mol. The number of allylic oxidation sites excluding steroid dienone is 1. The van der Waals surface area contributed by atoms with E-state index in [0.29, 0.717) is 25.6 Å². The molecule has 1 amide bonds. The summed E-state index contributed by atoms with van der Waals surface area (Å²) in [4.78, 5) is 37.7. The fourth-order valence-corrected chi connectivity index (χ4v) is 4.58. The molecule has 0 aromatic heterocycles. The molecule has 8 nitrogen and oxygen atoms in total. The molecule has 2 atom stereocenters. The van der Waals surface area contributed by atoms with Gasteiger partial charge < -0.3 is 15.7 Å². The van der Waals surface area contributed by atoms with E-state index in [1.165, 1.54) is 44.1 Å². The number of carbonyl (C=O) groups excluding carboxylic acids is 2. The van der Waals surface area contributed by atoms with Crippen LogP contribution in [0.15, 0.2) is 24.4 Å². The fourth-order valence-electron chi connectivity index (χ4n) is 4.58. The minimum atomic E-state index is -0.888. The van der Waals surface area contributed by atoms with Crippen LogP contribution in [0.5, 0.6) is 0 Å². The molecule has 0 rings (SSSR count). The Kier molecular flexibility index (Phi) is 34.8. The summed E-state index contributed by atoms with van der Waals surface area (Å²) in [6.45, 7) is 31.2. The first-order valence-electron chi connectivity index (χ1n) is 17.8. The summed E-state index contributed by atoms with van der Waals surface area (Å²) in [5.41, 5.74) is 2.29. The third-order valence-corrected chi connectivity index (χ3v) is 7.59. The van der Waals surface area contributed by atoms with Gasteiger partial charge in [-0.05, 0) is 70.9 Å². The lowest BCUT2D eigenvalue weighted by molar-refractivity contribution is -0.138. The quantitative estimate of drug-likeness (QED) is 0.0835. The van der Waals surface area contributed by atoms with Crippen LogP contribution >= 0.6 is 0 Å². The Labute approximate surface area is 278 Å². The van der Waals surface area contributed by atoms with E-state index in [-0.39, 0.29) is 24.8 Å². The van der Waals surface area contributed by atoms with Gasteiger partial charge in [-0.15, -0.1) is 6.58 Å². The Morgan fingerprint density at radius 2 is 1.11 bits per heavy atom. The number of hydrogen-bond donors (Lipinski definition) is 3. The van der Waals surface area contributed by atoms with Crippen LogP contribution in [-0.2, 0) is 14.4 Å². The van der Waals surface area contributed by atoms with E-state index >= 15 is 0 Å². The topological polar surface area (TPSA) is 102 Å². The van der Waals surface area contributed by atoms with Crippen molar-refractivity contribution in [3.8, 4) is 0 Å². The maximum Gasteiger partial charge on any atom is 0.317 e. The number of nitrogens with one attached hydrogen (secondary N) is 2. The van der Waals surface area contributed by atoms with Crippen LogP contribution in [0, 0.1) is 11.8 Å². The summed E-state index contributed by atoms with van der Waals surface area (Å²) >= 11 is 0. The second kappa shape index (κ2) is 33.2. The number of nitrogens with zero attached hydrogens (tertiary/aromatic N) is 2. The molecule has 0 fully saturated rings. The number of hydrogen-bond acceptors (Lipinski definition) is 6. The largest absolute Gasteiger partial charge is 0.480 e. The lowest BCUT2D eigenvalue weighted by atomic mass is 9.99. The van der Waals surface area contributed by atoms with E-state index in [1.54, 1.807) is 11.8 Å². The zero-order chi connectivity index (χ0) is 35.0. The average Bonchev–Trinajstić information content (AvgIpc) is 2.97. The monoisotopic (exact) mass is 639 g/mol. The molecule has 3 N–H and O–H groups in total. The molecule has 0 spiro atoms. The van der Waals surface area contributed by atoms with Crippen LogP contribution < -0.4 is 10.6 Å². The molecule has 0 aromatic carbocycles. The molecule has 0 aromatic rings. The van der Waals surface area contributed by atoms with Crippen molar-refractivity contribution in [3.05, 3.63) is 24.4 Å². The summed E-state index contributed by atoms with van der Waals surface area (Å²) in [7, 11) is 0. The zero-order valence-electron chi connectivity index (χ0n) is 31.1. The van der Waals surface area contributed by atoms with Crippen molar-refractivity contribution in [1.82, 2.24) is 20.4 Å². The highest BCUT2D eigenvalue weighted by atomic mass is 16.4. The number of carboxylic acid groups (broad SMARTS) is 1. The van der Waals surface area contributed by atoms with Gasteiger partial charge in [-0.3, -0.25) is 24.2 Å². The molecule has 2 unspecified atom stereocenters. The number of unbranched alkanes of at least 4 members (excludes halogenated alkanes) is 2. The van der Waals surface area contributed by atoms with E-state index in [0.717, 1.165) is 63.4 Å². The van der Waals surface area contributed by atoms with Crippen LogP contribution in [0.1, 0.15) is 133 Å².